The number of imide groups is 1. The van der Waals surface area contributed by atoms with Crippen LogP contribution in [0.4, 0.5) is 0 Å². The Balaban J connectivity index is 1.92. The molecule has 2 amide bonds. The second kappa shape index (κ2) is 5.13. The van der Waals surface area contributed by atoms with E-state index in [1.165, 1.54) is 10.5 Å². The predicted molar refractivity (Wildman–Crippen MR) is 65.3 cm³/mol. The van der Waals surface area contributed by atoms with E-state index < -0.39 is 0 Å². The zero-order valence-corrected chi connectivity index (χ0v) is 10.1. The highest BCUT2D eigenvalue weighted by molar-refractivity contribution is 5.98. The van der Waals surface area contributed by atoms with Crippen LogP contribution >= 0.6 is 0 Å². The summed E-state index contributed by atoms with van der Waals surface area (Å²) >= 11 is 0. The Morgan fingerprint density at radius 2 is 1.94 bits per heavy atom. The molecular formula is C14H17NO2. The van der Waals surface area contributed by atoms with E-state index in [2.05, 4.69) is 12.1 Å². The third kappa shape index (κ3) is 2.73. The number of nitrogens with zero attached hydrogens (tertiary/aromatic N) is 1. The summed E-state index contributed by atoms with van der Waals surface area (Å²) in [5, 5.41) is 0. The first-order valence-corrected chi connectivity index (χ1v) is 6.03. The van der Waals surface area contributed by atoms with Crippen molar-refractivity contribution in [2.45, 2.75) is 25.7 Å². The number of hydrogen-bond donors (Lipinski definition) is 0. The largest absolute Gasteiger partial charge is 0.286 e. The number of hydrogen-bond acceptors (Lipinski definition) is 2. The number of carbonyl (C=O) groups excluding carboxylic acids is 2. The number of rotatable bonds is 3. The molecule has 0 saturated carbocycles. The summed E-state index contributed by atoms with van der Waals surface area (Å²) in [6, 6.07) is 10.1. The van der Waals surface area contributed by atoms with Gasteiger partial charge < -0.3 is 0 Å². The van der Waals surface area contributed by atoms with Gasteiger partial charge in [-0.05, 0) is 24.8 Å². The minimum atomic E-state index is -0.0500. The van der Waals surface area contributed by atoms with Crippen LogP contribution in [-0.4, -0.2) is 23.8 Å². The van der Waals surface area contributed by atoms with Crippen molar-refractivity contribution in [1.29, 1.82) is 0 Å². The van der Waals surface area contributed by atoms with E-state index >= 15 is 0 Å². The number of benzene rings is 1. The fraction of sp³-hybridized carbons (Fsp3) is 0.429. The van der Waals surface area contributed by atoms with Gasteiger partial charge in [-0.15, -0.1) is 0 Å². The summed E-state index contributed by atoms with van der Waals surface area (Å²) in [6.07, 6.45) is 2.94. The normalized spacial score (nSPS) is 20.8. The number of likely N-dealkylation sites (tertiary alicyclic amines) is 1. The number of piperidine rings is 1. The molecule has 3 nitrogen and oxygen atoms in total. The van der Waals surface area contributed by atoms with Gasteiger partial charge in [0.25, 0.3) is 0 Å². The summed E-state index contributed by atoms with van der Waals surface area (Å²) in [4.78, 5) is 24.5. The van der Waals surface area contributed by atoms with Gasteiger partial charge in [-0.3, -0.25) is 14.5 Å². The van der Waals surface area contributed by atoms with Gasteiger partial charge in [0.2, 0.25) is 11.8 Å². The number of aryl methyl sites for hydroxylation is 1. The predicted octanol–water partition coefficient (Wildman–Crippen LogP) is 2.01. The molecule has 0 radical (unpaired) electrons. The lowest BCUT2D eigenvalue weighted by Crippen LogP contribution is -2.42. The first-order valence-electron chi connectivity index (χ1n) is 6.03. The summed E-state index contributed by atoms with van der Waals surface area (Å²) in [6.45, 7) is 0. The Kier molecular flexibility index (Phi) is 3.57. The molecule has 17 heavy (non-hydrogen) atoms. The molecule has 0 aromatic heterocycles. The van der Waals surface area contributed by atoms with Crippen LogP contribution in [0.3, 0.4) is 0 Å². The van der Waals surface area contributed by atoms with Gasteiger partial charge in [-0.2, -0.15) is 0 Å². The molecular weight excluding hydrogens is 214 g/mol. The van der Waals surface area contributed by atoms with E-state index in [0.717, 1.165) is 12.8 Å². The highest BCUT2D eigenvalue weighted by Gasteiger charge is 2.31. The fourth-order valence-corrected chi connectivity index (χ4v) is 2.24. The van der Waals surface area contributed by atoms with Crippen molar-refractivity contribution in [3.05, 3.63) is 35.9 Å². The summed E-state index contributed by atoms with van der Waals surface area (Å²) in [7, 11) is 1.58. The molecule has 1 aliphatic heterocycles. The Bertz CT molecular complexity index is 413. The fourth-order valence-electron chi connectivity index (χ4n) is 2.24. The van der Waals surface area contributed by atoms with Crippen molar-refractivity contribution in [3.8, 4) is 0 Å². The zero-order chi connectivity index (χ0) is 12.3. The maximum absolute atomic E-state index is 11.9. The maximum atomic E-state index is 11.9. The molecule has 1 atom stereocenters. The summed E-state index contributed by atoms with van der Waals surface area (Å²) in [5.74, 6) is -0.0546. The van der Waals surface area contributed by atoms with Crippen molar-refractivity contribution in [3.63, 3.8) is 0 Å². The Morgan fingerprint density at radius 3 is 2.65 bits per heavy atom. The van der Waals surface area contributed by atoms with E-state index in [4.69, 9.17) is 0 Å². The van der Waals surface area contributed by atoms with Crippen molar-refractivity contribution in [2.24, 2.45) is 5.92 Å². The molecule has 90 valence electrons. The van der Waals surface area contributed by atoms with Gasteiger partial charge in [-0.1, -0.05) is 30.3 Å². The molecule has 1 aromatic carbocycles. The SMILES string of the molecule is CN1C(=O)CCC(CCc2ccccc2)C1=O. The lowest BCUT2D eigenvalue weighted by molar-refractivity contribution is -0.150. The topological polar surface area (TPSA) is 37.4 Å². The second-order valence-corrected chi connectivity index (χ2v) is 4.55. The van der Waals surface area contributed by atoms with Crippen LogP contribution < -0.4 is 0 Å². The smallest absolute Gasteiger partial charge is 0.232 e. The molecule has 1 fully saturated rings. The molecule has 1 aliphatic rings. The van der Waals surface area contributed by atoms with Crippen LogP contribution in [0.1, 0.15) is 24.8 Å². The van der Waals surface area contributed by atoms with E-state index in [9.17, 15) is 9.59 Å². The van der Waals surface area contributed by atoms with E-state index in [1.54, 1.807) is 7.05 Å². The van der Waals surface area contributed by atoms with Crippen molar-refractivity contribution in [2.75, 3.05) is 7.05 Å². The molecule has 2 rings (SSSR count). The van der Waals surface area contributed by atoms with Crippen molar-refractivity contribution >= 4 is 11.8 Å². The van der Waals surface area contributed by atoms with Crippen LogP contribution in [0.5, 0.6) is 0 Å². The lowest BCUT2D eigenvalue weighted by atomic mass is 9.91. The van der Waals surface area contributed by atoms with Gasteiger partial charge in [0.1, 0.15) is 0 Å². The molecule has 0 N–H and O–H groups in total. The zero-order valence-electron chi connectivity index (χ0n) is 10.1. The van der Waals surface area contributed by atoms with Crippen LogP contribution in [0, 0.1) is 5.92 Å². The average molecular weight is 231 g/mol. The van der Waals surface area contributed by atoms with E-state index in [1.807, 2.05) is 18.2 Å². The van der Waals surface area contributed by atoms with Crippen LogP contribution in [0.2, 0.25) is 0 Å². The highest BCUT2D eigenvalue weighted by Crippen LogP contribution is 2.22. The van der Waals surface area contributed by atoms with Crippen LogP contribution in [0.15, 0.2) is 30.3 Å². The maximum Gasteiger partial charge on any atom is 0.232 e. The first-order chi connectivity index (χ1) is 8.18. The molecule has 0 bridgehead atoms. The molecule has 3 heteroatoms. The van der Waals surface area contributed by atoms with Crippen molar-refractivity contribution < 1.29 is 9.59 Å². The summed E-state index contributed by atoms with van der Waals surface area (Å²) in [5.41, 5.74) is 1.25. The quantitative estimate of drug-likeness (QED) is 0.746. The standard InChI is InChI=1S/C14H17NO2/c1-15-13(16)10-9-12(14(15)17)8-7-11-5-3-2-4-6-11/h2-6,12H,7-10H2,1H3. The Labute approximate surface area is 101 Å². The van der Waals surface area contributed by atoms with Crippen LogP contribution in [0.25, 0.3) is 0 Å². The highest BCUT2D eigenvalue weighted by atomic mass is 16.2. The third-order valence-electron chi connectivity index (χ3n) is 3.38. The molecule has 1 saturated heterocycles. The number of carbonyl (C=O) groups is 2. The van der Waals surface area contributed by atoms with E-state index in [-0.39, 0.29) is 17.7 Å². The molecule has 1 aromatic rings. The van der Waals surface area contributed by atoms with Crippen molar-refractivity contribution in [1.82, 2.24) is 4.90 Å². The molecule has 0 spiro atoms. The molecule has 0 aliphatic carbocycles. The van der Waals surface area contributed by atoms with Gasteiger partial charge in [0, 0.05) is 19.4 Å². The number of amides is 2. The minimum absolute atomic E-state index is 0.0120. The van der Waals surface area contributed by atoms with Gasteiger partial charge in [-0.25, -0.2) is 0 Å². The Hall–Kier alpha value is -1.64. The minimum Gasteiger partial charge on any atom is -0.286 e. The second-order valence-electron chi connectivity index (χ2n) is 4.55. The first kappa shape index (κ1) is 11.8. The van der Waals surface area contributed by atoms with Gasteiger partial charge in [0.15, 0.2) is 0 Å². The molecule has 1 unspecified atom stereocenters. The molecule has 1 heterocycles. The Morgan fingerprint density at radius 1 is 1.24 bits per heavy atom. The van der Waals surface area contributed by atoms with Crippen LogP contribution in [-0.2, 0) is 16.0 Å². The average Bonchev–Trinajstić information content (AvgIpc) is 2.36. The van der Waals surface area contributed by atoms with E-state index in [0.29, 0.717) is 12.8 Å². The van der Waals surface area contributed by atoms with Gasteiger partial charge >= 0.3 is 0 Å². The lowest BCUT2D eigenvalue weighted by Gasteiger charge is -2.27. The monoisotopic (exact) mass is 231 g/mol. The van der Waals surface area contributed by atoms with Gasteiger partial charge in [0.05, 0.1) is 0 Å². The summed E-state index contributed by atoms with van der Waals surface area (Å²) < 4.78 is 0. The third-order valence-corrected chi connectivity index (χ3v) is 3.38.